The highest BCUT2D eigenvalue weighted by Gasteiger charge is 2.29. The van der Waals surface area contributed by atoms with Gasteiger partial charge in [0.1, 0.15) is 5.69 Å². The molecule has 1 saturated heterocycles. The van der Waals surface area contributed by atoms with E-state index in [-0.39, 0.29) is 29.8 Å². The maximum Gasteiger partial charge on any atom is 0.274 e. The number of benzene rings is 2. The van der Waals surface area contributed by atoms with Crippen molar-refractivity contribution in [2.45, 2.75) is 13.0 Å². The Morgan fingerprint density at radius 3 is 2.56 bits per heavy atom. The second-order valence-corrected chi connectivity index (χ2v) is 8.61. The first-order chi connectivity index (χ1) is 17.7. The summed E-state index contributed by atoms with van der Waals surface area (Å²) in [4.78, 5) is 35.4. The molecule has 9 nitrogen and oxygen atoms in total. The fourth-order valence-corrected chi connectivity index (χ4v) is 4.39. The summed E-state index contributed by atoms with van der Waals surface area (Å²) in [5.41, 5.74) is 3.08. The van der Waals surface area contributed by atoms with E-state index in [0.29, 0.717) is 56.3 Å². The van der Waals surface area contributed by atoms with Crippen molar-refractivity contribution < 1.29 is 18.7 Å². The van der Waals surface area contributed by atoms with Crippen LogP contribution in [0.1, 0.15) is 21.7 Å². The average molecular weight is 487 g/mol. The number of anilines is 1. The molecule has 4 aromatic rings. The van der Waals surface area contributed by atoms with Crippen LogP contribution in [0.3, 0.4) is 0 Å². The zero-order chi connectivity index (χ0) is 24.5. The van der Waals surface area contributed by atoms with Crippen LogP contribution in [-0.2, 0) is 17.7 Å². The number of halogens is 1. The Kier molecular flexibility index (Phi) is 5.86. The normalized spacial score (nSPS) is 15.6. The molecule has 2 aliphatic heterocycles. The number of nitrogens with zero attached hydrogens (tertiary/aromatic N) is 6. The van der Waals surface area contributed by atoms with Crippen LogP contribution < -0.4 is 9.64 Å². The first kappa shape index (κ1) is 22.3. The molecule has 0 atom stereocenters. The first-order valence-corrected chi connectivity index (χ1v) is 11.8. The number of para-hydroxylation sites is 3. The van der Waals surface area contributed by atoms with Gasteiger partial charge < -0.3 is 19.3 Å². The summed E-state index contributed by atoms with van der Waals surface area (Å²) in [5.74, 6) is 0.0911. The number of aromatic nitrogens is 4. The van der Waals surface area contributed by atoms with Crippen LogP contribution in [0.15, 0.2) is 54.7 Å². The number of morpholine rings is 1. The Morgan fingerprint density at radius 1 is 0.944 bits per heavy atom. The molecule has 0 bridgehead atoms. The number of fused-ring (bicyclic) bond motifs is 2. The van der Waals surface area contributed by atoms with E-state index in [2.05, 4.69) is 15.0 Å². The van der Waals surface area contributed by atoms with Crippen molar-refractivity contribution in [3.05, 3.63) is 77.5 Å². The molecule has 10 heteroatoms. The Morgan fingerprint density at radius 2 is 1.72 bits per heavy atom. The topological polar surface area (TPSA) is 93.6 Å². The third kappa shape index (κ3) is 4.31. The van der Waals surface area contributed by atoms with E-state index < -0.39 is 5.82 Å². The Labute approximate surface area is 206 Å². The predicted octanol–water partition coefficient (Wildman–Crippen LogP) is 3.39. The molecule has 0 spiro atoms. The van der Waals surface area contributed by atoms with Crippen LogP contribution in [0.5, 0.6) is 11.6 Å². The van der Waals surface area contributed by atoms with Crippen LogP contribution in [0, 0.1) is 5.82 Å². The zero-order valence-corrected chi connectivity index (χ0v) is 19.4. The van der Waals surface area contributed by atoms with Crippen LogP contribution >= 0.6 is 0 Å². The number of carbonyl (C=O) groups is 1. The van der Waals surface area contributed by atoms with E-state index >= 15 is 0 Å². The van der Waals surface area contributed by atoms with Gasteiger partial charge in [0, 0.05) is 26.1 Å². The van der Waals surface area contributed by atoms with E-state index in [1.807, 2.05) is 29.2 Å². The number of carbonyl (C=O) groups excluding carboxylic acids is 1. The van der Waals surface area contributed by atoms with Gasteiger partial charge >= 0.3 is 0 Å². The first-order valence-electron chi connectivity index (χ1n) is 11.8. The van der Waals surface area contributed by atoms with Gasteiger partial charge in [0.25, 0.3) is 5.91 Å². The van der Waals surface area contributed by atoms with Gasteiger partial charge in [-0.15, -0.1) is 0 Å². The van der Waals surface area contributed by atoms with Gasteiger partial charge in [0.05, 0.1) is 48.2 Å². The fourth-order valence-electron chi connectivity index (χ4n) is 4.39. The largest absolute Gasteiger partial charge is 0.435 e. The summed E-state index contributed by atoms with van der Waals surface area (Å²) in [7, 11) is 0. The highest BCUT2D eigenvalue weighted by molar-refractivity contribution is 5.94. The predicted molar refractivity (Wildman–Crippen MR) is 130 cm³/mol. The number of ether oxygens (including phenoxy) is 2. The summed E-state index contributed by atoms with van der Waals surface area (Å²) in [6.07, 6.45) is 2.00. The number of rotatable bonds is 4. The van der Waals surface area contributed by atoms with Crippen LogP contribution in [0.2, 0.25) is 0 Å². The van der Waals surface area contributed by atoms with E-state index in [1.165, 1.54) is 12.3 Å². The summed E-state index contributed by atoms with van der Waals surface area (Å²) >= 11 is 0. The Balaban J connectivity index is 1.34. The van der Waals surface area contributed by atoms with Crippen molar-refractivity contribution >= 4 is 22.9 Å². The van der Waals surface area contributed by atoms with Crippen molar-refractivity contribution in [2.75, 3.05) is 37.7 Å². The van der Waals surface area contributed by atoms with Gasteiger partial charge in [-0.05, 0) is 24.3 Å². The monoisotopic (exact) mass is 486 g/mol. The summed E-state index contributed by atoms with van der Waals surface area (Å²) in [6.45, 7) is 3.15. The summed E-state index contributed by atoms with van der Waals surface area (Å²) < 4.78 is 25.9. The molecule has 182 valence electrons. The molecular formula is C26H23FN6O3. The van der Waals surface area contributed by atoms with Crippen molar-refractivity contribution in [3.8, 4) is 11.6 Å². The average Bonchev–Trinajstić information content (AvgIpc) is 2.93. The van der Waals surface area contributed by atoms with Crippen molar-refractivity contribution in [1.82, 2.24) is 24.8 Å². The third-order valence-corrected chi connectivity index (χ3v) is 6.30. The minimum atomic E-state index is -0.493. The molecule has 36 heavy (non-hydrogen) atoms. The smallest absolute Gasteiger partial charge is 0.274 e. The second kappa shape index (κ2) is 9.46. The Hall–Kier alpha value is -4.18. The lowest BCUT2D eigenvalue weighted by molar-refractivity contribution is 0.0725. The molecule has 4 heterocycles. The van der Waals surface area contributed by atoms with Gasteiger partial charge in [-0.3, -0.25) is 9.78 Å². The van der Waals surface area contributed by atoms with Crippen LogP contribution in [0.25, 0.3) is 11.0 Å². The van der Waals surface area contributed by atoms with Gasteiger partial charge in [-0.1, -0.05) is 24.3 Å². The minimum absolute atomic E-state index is 0.0650. The fraction of sp³-hybridized carbons (Fsp3) is 0.269. The number of hydrogen-bond donors (Lipinski definition) is 0. The third-order valence-electron chi connectivity index (χ3n) is 6.30. The van der Waals surface area contributed by atoms with E-state index in [9.17, 15) is 9.18 Å². The zero-order valence-electron chi connectivity index (χ0n) is 19.4. The molecule has 6 rings (SSSR count). The summed E-state index contributed by atoms with van der Waals surface area (Å²) in [6, 6.07) is 13.6. The van der Waals surface area contributed by atoms with Gasteiger partial charge in [0.2, 0.25) is 11.8 Å². The molecule has 1 fully saturated rings. The Bertz CT molecular complexity index is 1440. The van der Waals surface area contributed by atoms with Crippen molar-refractivity contribution in [3.63, 3.8) is 0 Å². The standard InChI is InChI=1S/C26H23FN6O3/c27-18-5-1-4-8-23(18)36-24-17-16-33(25(34)22-15-28-20-6-2-3-7-21(20)29-22)10-9-19(17)30-26(31-24)32-11-13-35-14-12-32/h1-8,15H,9-14,16H2. The van der Waals surface area contributed by atoms with Crippen molar-refractivity contribution in [2.24, 2.45) is 0 Å². The lowest BCUT2D eigenvalue weighted by Gasteiger charge is -2.31. The molecule has 0 saturated carbocycles. The van der Waals surface area contributed by atoms with Gasteiger partial charge in [0.15, 0.2) is 11.6 Å². The highest BCUT2D eigenvalue weighted by atomic mass is 19.1. The quantitative estimate of drug-likeness (QED) is 0.433. The summed E-state index contributed by atoms with van der Waals surface area (Å²) in [5, 5.41) is 0. The number of amides is 1. The highest BCUT2D eigenvalue weighted by Crippen LogP contribution is 2.33. The van der Waals surface area contributed by atoms with Gasteiger partial charge in [-0.25, -0.2) is 14.4 Å². The van der Waals surface area contributed by atoms with E-state index in [4.69, 9.17) is 14.5 Å². The maximum absolute atomic E-state index is 14.4. The molecule has 0 N–H and O–H groups in total. The minimum Gasteiger partial charge on any atom is -0.435 e. The van der Waals surface area contributed by atoms with Gasteiger partial charge in [-0.2, -0.15) is 4.98 Å². The SMILES string of the molecule is O=C(c1cnc2ccccc2n1)N1CCc2nc(N3CCOCC3)nc(Oc3ccccc3F)c2C1. The molecule has 2 aliphatic rings. The molecule has 0 aliphatic carbocycles. The van der Waals surface area contributed by atoms with E-state index in [0.717, 1.165) is 11.2 Å². The molecule has 0 unspecified atom stereocenters. The lowest BCUT2D eigenvalue weighted by atomic mass is 10.1. The second-order valence-electron chi connectivity index (χ2n) is 8.61. The number of hydrogen-bond acceptors (Lipinski definition) is 8. The molecular weight excluding hydrogens is 463 g/mol. The molecule has 2 aromatic carbocycles. The lowest BCUT2D eigenvalue weighted by Crippen LogP contribution is -2.39. The van der Waals surface area contributed by atoms with Crippen LogP contribution in [0.4, 0.5) is 10.3 Å². The van der Waals surface area contributed by atoms with E-state index in [1.54, 1.807) is 23.1 Å². The molecule has 1 amide bonds. The molecule has 0 radical (unpaired) electrons. The van der Waals surface area contributed by atoms with Crippen molar-refractivity contribution in [1.29, 1.82) is 0 Å². The maximum atomic E-state index is 14.4. The van der Waals surface area contributed by atoms with Crippen LogP contribution in [-0.4, -0.2) is 63.6 Å². The molecule has 2 aromatic heterocycles.